The summed E-state index contributed by atoms with van der Waals surface area (Å²) >= 11 is 1.65. The third kappa shape index (κ3) is 3.41. The second kappa shape index (κ2) is 6.50. The molecule has 1 atom stereocenters. The summed E-state index contributed by atoms with van der Waals surface area (Å²) in [4.78, 5) is 5.53. The molecule has 0 amide bonds. The molecule has 0 N–H and O–H groups in total. The van der Waals surface area contributed by atoms with E-state index in [1.807, 2.05) is 24.4 Å². The van der Waals surface area contributed by atoms with Crippen LogP contribution in [0.25, 0.3) is 0 Å². The molecule has 1 fully saturated rings. The van der Waals surface area contributed by atoms with Crippen LogP contribution in [0.1, 0.15) is 55.1 Å². The maximum absolute atomic E-state index is 12.2. The molecule has 1 aliphatic carbocycles. The Morgan fingerprint density at radius 1 is 1.41 bits per heavy atom. The Hall–Kier alpha value is -1.21. The molecule has 5 nitrogen and oxygen atoms in total. The van der Waals surface area contributed by atoms with E-state index >= 15 is 0 Å². The lowest BCUT2D eigenvalue weighted by Crippen LogP contribution is -2.22. The van der Waals surface area contributed by atoms with Crippen LogP contribution in [0.2, 0.25) is 0 Å². The summed E-state index contributed by atoms with van der Waals surface area (Å²) in [5.74, 6) is 1.21. The Labute approximate surface area is 134 Å². The van der Waals surface area contributed by atoms with Crippen LogP contribution in [-0.2, 0) is 16.3 Å². The second-order valence-corrected chi connectivity index (χ2v) is 9.19. The first kappa shape index (κ1) is 15.7. The van der Waals surface area contributed by atoms with Crippen molar-refractivity contribution in [2.24, 2.45) is 0 Å². The monoisotopic (exact) mass is 340 g/mol. The van der Waals surface area contributed by atoms with Gasteiger partial charge in [0.2, 0.25) is 5.89 Å². The summed E-state index contributed by atoms with van der Waals surface area (Å²) in [5, 5.41) is 5.84. The second-order valence-electron chi connectivity index (χ2n) is 5.81. The predicted octanol–water partition coefficient (Wildman–Crippen LogP) is 3.18. The Morgan fingerprint density at radius 3 is 2.86 bits per heavy atom. The van der Waals surface area contributed by atoms with Gasteiger partial charge in [-0.2, -0.15) is 4.98 Å². The summed E-state index contributed by atoms with van der Waals surface area (Å²) in [6.45, 7) is 2.02. The first-order valence-electron chi connectivity index (χ1n) is 7.64. The summed E-state index contributed by atoms with van der Waals surface area (Å²) < 4.78 is 29.7. The number of aryl methyl sites for hydroxylation is 1. The molecule has 1 unspecified atom stereocenters. The van der Waals surface area contributed by atoms with Crippen LogP contribution in [0.5, 0.6) is 0 Å². The average molecular weight is 340 g/mol. The minimum Gasteiger partial charge on any atom is -0.339 e. The number of thiophene rings is 1. The van der Waals surface area contributed by atoms with Crippen LogP contribution in [0.4, 0.5) is 0 Å². The summed E-state index contributed by atoms with van der Waals surface area (Å²) in [5.41, 5.74) is 0. The number of sulfone groups is 1. The molecule has 2 aromatic rings. The van der Waals surface area contributed by atoms with E-state index < -0.39 is 9.84 Å². The maximum Gasteiger partial charge on any atom is 0.227 e. The number of nitrogens with zero attached hydrogens (tertiary/aromatic N) is 2. The summed E-state index contributed by atoms with van der Waals surface area (Å²) in [7, 11) is -3.04. The van der Waals surface area contributed by atoms with E-state index in [2.05, 4.69) is 10.1 Å². The van der Waals surface area contributed by atoms with Crippen molar-refractivity contribution in [3.63, 3.8) is 0 Å². The number of rotatable bonds is 6. The lowest BCUT2D eigenvalue weighted by Gasteiger charge is -2.09. The van der Waals surface area contributed by atoms with Gasteiger partial charge in [-0.15, -0.1) is 11.3 Å². The average Bonchev–Trinajstić information content (AvgIpc) is 3.26. The van der Waals surface area contributed by atoms with Crippen LogP contribution in [0.15, 0.2) is 22.0 Å². The van der Waals surface area contributed by atoms with Crippen molar-refractivity contribution < 1.29 is 12.9 Å². The molecule has 7 heteroatoms. The van der Waals surface area contributed by atoms with E-state index in [1.54, 1.807) is 11.3 Å². The number of aromatic nitrogens is 2. The Balaban J connectivity index is 1.62. The highest BCUT2D eigenvalue weighted by molar-refractivity contribution is 7.92. The molecule has 3 rings (SSSR count). The smallest absolute Gasteiger partial charge is 0.227 e. The predicted molar refractivity (Wildman–Crippen MR) is 85.9 cm³/mol. The highest BCUT2D eigenvalue weighted by Gasteiger charge is 2.29. The fourth-order valence-corrected chi connectivity index (χ4v) is 5.48. The normalized spacial score (nSPS) is 17.9. The van der Waals surface area contributed by atoms with E-state index in [0.717, 1.165) is 25.7 Å². The Bertz CT molecular complexity index is 701. The summed E-state index contributed by atoms with van der Waals surface area (Å²) in [6.07, 6.45) is 3.95. The van der Waals surface area contributed by atoms with Gasteiger partial charge in [0, 0.05) is 11.3 Å². The van der Waals surface area contributed by atoms with E-state index in [1.165, 1.54) is 4.88 Å². The van der Waals surface area contributed by atoms with Gasteiger partial charge in [0.1, 0.15) is 0 Å². The van der Waals surface area contributed by atoms with Crippen molar-refractivity contribution in [2.75, 3.05) is 5.75 Å². The fourth-order valence-electron chi connectivity index (χ4n) is 2.85. The van der Waals surface area contributed by atoms with Crippen molar-refractivity contribution in [1.29, 1.82) is 0 Å². The molecule has 1 saturated carbocycles. The van der Waals surface area contributed by atoms with Crippen LogP contribution in [-0.4, -0.2) is 29.6 Å². The third-order valence-corrected chi connectivity index (χ3v) is 7.57. The van der Waals surface area contributed by atoms with Crippen LogP contribution in [0.3, 0.4) is 0 Å². The topological polar surface area (TPSA) is 73.1 Å². The Morgan fingerprint density at radius 2 is 2.18 bits per heavy atom. The number of hydrogen-bond donors (Lipinski definition) is 0. The van der Waals surface area contributed by atoms with E-state index in [-0.39, 0.29) is 16.9 Å². The molecule has 22 heavy (non-hydrogen) atoms. The molecule has 120 valence electrons. The lowest BCUT2D eigenvalue weighted by atomic mass is 10.1. The molecule has 0 aromatic carbocycles. The standard InChI is InChI=1S/C15H20N2O3S2/c1-11(13-7-4-9-21-13)15-16-14(20-17-15)8-10-22(18,19)12-5-2-3-6-12/h4,7,9,11-12H,2-3,5-6,8,10H2,1H3. The van der Waals surface area contributed by atoms with Gasteiger partial charge in [-0.25, -0.2) is 8.42 Å². The van der Waals surface area contributed by atoms with Crippen molar-refractivity contribution >= 4 is 21.2 Å². The summed E-state index contributed by atoms with van der Waals surface area (Å²) in [6, 6.07) is 4.03. The molecule has 2 aromatic heterocycles. The zero-order valence-electron chi connectivity index (χ0n) is 12.6. The quantitative estimate of drug-likeness (QED) is 0.807. The molecular formula is C15H20N2O3S2. The van der Waals surface area contributed by atoms with Crippen molar-refractivity contribution in [1.82, 2.24) is 10.1 Å². The molecule has 0 radical (unpaired) electrons. The SMILES string of the molecule is CC(c1noc(CCS(=O)(=O)C2CCCC2)n1)c1cccs1. The van der Waals surface area contributed by atoms with Gasteiger partial charge >= 0.3 is 0 Å². The van der Waals surface area contributed by atoms with Gasteiger partial charge in [0.15, 0.2) is 15.7 Å². The van der Waals surface area contributed by atoms with Gasteiger partial charge < -0.3 is 4.52 Å². The van der Waals surface area contributed by atoms with Crippen molar-refractivity contribution in [3.8, 4) is 0 Å². The Kier molecular flexibility index (Phi) is 4.63. The first-order valence-corrected chi connectivity index (χ1v) is 10.2. The fraction of sp³-hybridized carbons (Fsp3) is 0.600. The van der Waals surface area contributed by atoms with Crippen LogP contribution in [0, 0.1) is 0 Å². The third-order valence-electron chi connectivity index (χ3n) is 4.25. The highest BCUT2D eigenvalue weighted by atomic mass is 32.2. The molecule has 0 aliphatic heterocycles. The molecular weight excluding hydrogens is 320 g/mol. The van der Waals surface area contributed by atoms with Gasteiger partial charge in [-0.3, -0.25) is 0 Å². The molecule has 0 saturated heterocycles. The van der Waals surface area contributed by atoms with Crippen molar-refractivity contribution in [2.45, 2.75) is 50.2 Å². The largest absolute Gasteiger partial charge is 0.339 e. The van der Waals surface area contributed by atoms with Gasteiger partial charge in [-0.1, -0.05) is 31.0 Å². The maximum atomic E-state index is 12.2. The van der Waals surface area contributed by atoms with E-state index in [4.69, 9.17) is 4.52 Å². The zero-order valence-corrected chi connectivity index (χ0v) is 14.2. The molecule has 1 aliphatic rings. The van der Waals surface area contributed by atoms with E-state index in [0.29, 0.717) is 18.1 Å². The molecule has 0 bridgehead atoms. The van der Waals surface area contributed by atoms with Crippen LogP contribution >= 0.6 is 11.3 Å². The zero-order chi connectivity index (χ0) is 15.6. The molecule has 0 spiro atoms. The highest BCUT2D eigenvalue weighted by Crippen LogP contribution is 2.27. The lowest BCUT2D eigenvalue weighted by molar-refractivity contribution is 0.375. The van der Waals surface area contributed by atoms with Crippen LogP contribution < -0.4 is 0 Å². The minimum absolute atomic E-state index is 0.0731. The first-order chi connectivity index (χ1) is 10.6. The number of hydrogen-bond acceptors (Lipinski definition) is 6. The van der Waals surface area contributed by atoms with Gasteiger partial charge in [0.25, 0.3) is 0 Å². The van der Waals surface area contributed by atoms with Crippen molar-refractivity contribution in [3.05, 3.63) is 34.1 Å². The van der Waals surface area contributed by atoms with E-state index in [9.17, 15) is 8.42 Å². The van der Waals surface area contributed by atoms with Gasteiger partial charge in [-0.05, 0) is 24.3 Å². The minimum atomic E-state index is -3.04. The molecule has 2 heterocycles. The van der Waals surface area contributed by atoms with Gasteiger partial charge in [0.05, 0.1) is 16.9 Å².